The molecule has 27 heavy (non-hydrogen) atoms. The molecule has 2 heterocycles. The molecular formula is C20H29N3O4. The first-order valence-electron chi connectivity index (χ1n) is 9.85. The lowest BCUT2D eigenvalue weighted by Gasteiger charge is -2.29. The molecule has 0 radical (unpaired) electrons. The second-order valence-corrected chi connectivity index (χ2v) is 7.47. The lowest BCUT2D eigenvalue weighted by molar-refractivity contribution is 0.0291. The number of carbonyl (C=O) groups excluding carboxylic acids is 2. The molecule has 2 amide bonds. The van der Waals surface area contributed by atoms with Crippen LogP contribution in [-0.4, -0.2) is 59.8 Å². The Morgan fingerprint density at radius 2 is 1.93 bits per heavy atom. The smallest absolute Gasteiger partial charge is 0.410 e. The van der Waals surface area contributed by atoms with Crippen molar-refractivity contribution < 1.29 is 19.1 Å². The highest BCUT2D eigenvalue weighted by Crippen LogP contribution is 2.27. The number of carbonyl (C=O) groups is 2. The summed E-state index contributed by atoms with van der Waals surface area (Å²) in [6.45, 7) is 2.53. The largest absolute Gasteiger partial charge is 0.449 e. The van der Waals surface area contributed by atoms with Crippen LogP contribution in [0, 0.1) is 5.92 Å². The molecule has 2 fully saturated rings. The molecule has 0 atom stereocenters. The Balaban J connectivity index is 1.33. The number of ether oxygens (including phenoxy) is 2. The van der Waals surface area contributed by atoms with Crippen LogP contribution in [0.5, 0.6) is 0 Å². The van der Waals surface area contributed by atoms with Crippen LogP contribution in [0.2, 0.25) is 0 Å². The van der Waals surface area contributed by atoms with Gasteiger partial charge in [-0.15, -0.1) is 0 Å². The average Bonchev–Trinajstić information content (AvgIpc) is 3.23. The third-order valence-electron chi connectivity index (χ3n) is 5.31. The van der Waals surface area contributed by atoms with Gasteiger partial charge >= 0.3 is 12.2 Å². The van der Waals surface area contributed by atoms with Gasteiger partial charge < -0.3 is 19.3 Å². The molecule has 0 aromatic carbocycles. The molecule has 1 aliphatic carbocycles. The fraction of sp³-hybridized carbons (Fsp3) is 0.650. The monoisotopic (exact) mass is 375 g/mol. The molecule has 0 N–H and O–H groups in total. The minimum absolute atomic E-state index is 0.0609. The van der Waals surface area contributed by atoms with E-state index in [9.17, 15) is 9.59 Å². The van der Waals surface area contributed by atoms with E-state index >= 15 is 0 Å². The summed E-state index contributed by atoms with van der Waals surface area (Å²) >= 11 is 0. The molecule has 148 valence electrons. The summed E-state index contributed by atoms with van der Waals surface area (Å²) < 4.78 is 11.1. The minimum Gasteiger partial charge on any atom is -0.449 e. The maximum absolute atomic E-state index is 12.3. The predicted molar refractivity (Wildman–Crippen MR) is 100 cm³/mol. The van der Waals surface area contributed by atoms with Gasteiger partial charge in [-0.25, -0.2) is 9.59 Å². The molecule has 7 heteroatoms. The minimum atomic E-state index is -0.315. The van der Waals surface area contributed by atoms with Crippen molar-refractivity contribution in [2.75, 3.05) is 26.7 Å². The van der Waals surface area contributed by atoms with Crippen molar-refractivity contribution in [3.63, 3.8) is 0 Å². The Kier molecular flexibility index (Phi) is 6.90. The van der Waals surface area contributed by atoms with Gasteiger partial charge in [-0.3, -0.25) is 4.98 Å². The van der Waals surface area contributed by atoms with Crippen LogP contribution in [0.1, 0.15) is 44.2 Å². The van der Waals surface area contributed by atoms with Gasteiger partial charge in [0.05, 0.1) is 18.8 Å². The second kappa shape index (κ2) is 9.58. The molecule has 1 aliphatic heterocycles. The number of rotatable bonds is 5. The van der Waals surface area contributed by atoms with E-state index in [2.05, 4.69) is 4.98 Å². The Morgan fingerprint density at radius 3 is 2.59 bits per heavy atom. The van der Waals surface area contributed by atoms with E-state index in [1.807, 2.05) is 18.2 Å². The van der Waals surface area contributed by atoms with E-state index < -0.39 is 0 Å². The average molecular weight is 375 g/mol. The highest BCUT2D eigenvalue weighted by Gasteiger charge is 2.27. The predicted octanol–water partition coefficient (Wildman–Crippen LogP) is 3.44. The van der Waals surface area contributed by atoms with Gasteiger partial charge in [0.2, 0.25) is 0 Å². The molecule has 1 aromatic rings. The lowest BCUT2D eigenvalue weighted by Crippen LogP contribution is -2.34. The van der Waals surface area contributed by atoms with E-state index in [1.54, 1.807) is 23.0 Å². The number of hydrogen-bond donors (Lipinski definition) is 0. The molecule has 3 rings (SSSR count). The zero-order valence-electron chi connectivity index (χ0n) is 16.0. The molecule has 1 saturated carbocycles. The molecule has 0 spiro atoms. The summed E-state index contributed by atoms with van der Waals surface area (Å²) in [5, 5.41) is 0. The van der Waals surface area contributed by atoms with Gasteiger partial charge in [-0.2, -0.15) is 0 Å². The first kappa shape index (κ1) is 19.5. The van der Waals surface area contributed by atoms with Crippen LogP contribution in [-0.2, 0) is 16.0 Å². The fourth-order valence-electron chi connectivity index (χ4n) is 3.63. The van der Waals surface area contributed by atoms with E-state index in [0.29, 0.717) is 19.1 Å². The van der Waals surface area contributed by atoms with Crippen molar-refractivity contribution in [3.05, 3.63) is 30.1 Å². The number of nitrogens with zero attached hydrogens (tertiary/aromatic N) is 3. The van der Waals surface area contributed by atoms with E-state index in [4.69, 9.17) is 9.47 Å². The molecule has 7 nitrogen and oxygen atoms in total. The van der Waals surface area contributed by atoms with Crippen molar-refractivity contribution in [1.82, 2.24) is 14.8 Å². The summed E-state index contributed by atoms with van der Waals surface area (Å²) in [6, 6.07) is 5.64. The number of likely N-dealkylation sites (tertiary alicyclic amines) is 1. The zero-order valence-corrected chi connectivity index (χ0v) is 16.0. The van der Waals surface area contributed by atoms with Gasteiger partial charge in [-0.05, 0) is 56.6 Å². The molecule has 0 bridgehead atoms. The third-order valence-corrected chi connectivity index (χ3v) is 5.31. The molecule has 2 aliphatic rings. The number of hydrogen-bond acceptors (Lipinski definition) is 5. The van der Waals surface area contributed by atoms with Gasteiger partial charge in [0.1, 0.15) is 6.10 Å². The van der Waals surface area contributed by atoms with Gasteiger partial charge in [-0.1, -0.05) is 6.07 Å². The highest BCUT2D eigenvalue weighted by molar-refractivity contribution is 5.68. The van der Waals surface area contributed by atoms with Gasteiger partial charge in [0, 0.05) is 26.3 Å². The summed E-state index contributed by atoms with van der Waals surface area (Å²) in [5.41, 5.74) is 0.834. The van der Waals surface area contributed by atoms with Crippen LogP contribution in [0.4, 0.5) is 9.59 Å². The Hall–Kier alpha value is -2.31. The van der Waals surface area contributed by atoms with Gasteiger partial charge in [0.25, 0.3) is 0 Å². The zero-order chi connectivity index (χ0) is 19.1. The molecule has 0 unspecified atom stereocenters. The maximum atomic E-state index is 12.3. The van der Waals surface area contributed by atoms with Crippen molar-refractivity contribution in [3.8, 4) is 0 Å². The number of pyridine rings is 1. The van der Waals surface area contributed by atoms with E-state index in [0.717, 1.165) is 57.3 Å². The standard InChI is InChI=1S/C20H29N3O4/c1-22(14-17-6-2-3-11-21-17)19(24)27-18-9-7-16(8-10-18)15-26-20(25)23-12-4-5-13-23/h2-3,6,11,16,18H,4-5,7-10,12-15H2,1H3. The summed E-state index contributed by atoms with van der Waals surface area (Å²) in [5.74, 6) is 0.359. The van der Waals surface area contributed by atoms with Crippen LogP contribution in [0.15, 0.2) is 24.4 Å². The van der Waals surface area contributed by atoms with E-state index in [1.165, 1.54) is 0 Å². The summed E-state index contributed by atoms with van der Waals surface area (Å²) in [7, 11) is 1.72. The first-order valence-corrected chi connectivity index (χ1v) is 9.85. The van der Waals surface area contributed by atoms with Crippen molar-refractivity contribution in [2.24, 2.45) is 5.92 Å². The van der Waals surface area contributed by atoms with Crippen molar-refractivity contribution >= 4 is 12.2 Å². The Bertz CT molecular complexity index is 611. The van der Waals surface area contributed by atoms with Crippen LogP contribution < -0.4 is 0 Å². The fourth-order valence-corrected chi connectivity index (χ4v) is 3.63. The Labute approximate surface area is 160 Å². The van der Waals surface area contributed by atoms with Crippen LogP contribution >= 0.6 is 0 Å². The quantitative estimate of drug-likeness (QED) is 0.788. The SMILES string of the molecule is CN(Cc1ccccn1)C(=O)OC1CCC(COC(=O)N2CCCC2)CC1. The van der Waals surface area contributed by atoms with Crippen LogP contribution in [0.25, 0.3) is 0 Å². The normalized spacial score (nSPS) is 22.3. The van der Waals surface area contributed by atoms with Crippen molar-refractivity contribution in [2.45, 2.75) is 51.2 Å². The summed E-state index contributed by atoms with van der Waals surface area (Å²) in [6.07, 6.45) is 6.75. The molecule has 1 aromatic heterocycles. The summed E-state index contributed by atoms with van der Waals surface area (Å²) in [4.78, 5) is 31.8. The van der Waals surface area contributed by atoms with E-state index in [-0.39, 0.29) is 18.3 Å². The molecule has 1 saturated heterocycles. The lowest BCUT2D eigenvalue weighted by atomic mass is 9.88. The first-order chi connectivity index (χ1) is 13.1. The van der Waals surface area contributed by atoms with Gasteiger partial charge in [0.15, 0.2) is 0 Å². The number of aromatic nitrogens is 1. The number of amides is 2. The Morgan fingerprint density at radius 1 is 1.19 bits per heavy atom. The van der Waals surface area contributed by atoms with Crippen LogP contribution in [0.3, 0.4) is 0 Å². The molecular weight excluding hydrogens is 346 g/mol. The topological polar surface area (TPSA) is 72.0 Å². The highest BCUT2D eigenvalue weighted by atomic mass is 16.6. The van der Waals surface area contributed by atoms with Crippen molar-refractivity contribution in [1.29, 1.82) is 0 Å². The third kappa shape index (κ3) is 5.84. The maximum Gasteiger partial charge on any atom is 0.410 e. The second-order valence-electron chi connectivity index (χ2n) is 7.47.